The van der Waals surface area contributed by atoms with Gasteiger partial charge in [-0.05, 0) is 37.1 Å². The molecule has 2 N–H and O–H groups in total. The van der Waals surface area contributed by atoms with Gasteiger partial charge in [-0.3, -0.25) is 9.80 Å². The highest BCUT2D eigenvalue weighted by molar-refractivity contribution is 5.93. The zero-order valence-electron chi connectivity index (χ0n) is 16.4. The SMILES string of the molecule is C[C@@H]1CN(Cc2ccc3cc(C(=O)O)[nH]c3c2)C[C@H](C)N1Cc1ccccc1. The van der Waals surface area contributed by atoms with E-state index < -0.39 is 5.97 Å². The van der Waals surface area contributed by atoms with E-state index in [4.69, 9.17) is 5.11 Å². The molecule has 0 saturated carbocycles. The number of hydrogen-bond acceptors (Lipinski definition) is 3. The highest BCUT2D eigenvalue weighted by Crippen LogP contribution is 2.22. The minimum atomic E-state index is -0.921. The molecule has 0 amide bonds. The molecular weight excluding hydrogens is 350 g/mol. The van der Waals surface area contributed by atoms with Gasteiger partial charge in [0.1, 0.15) is 5.69 Å². The zero-order chi connectivity index (χ0) is 19.7. The molecule has 5 heteroatoms. The van der Waals surface area contributed by atoms with E-state index in [1.165, 1.54) is 11.1 Å². The van der Waals surface area contributed by atoms with Crippen LogP contribution in [0, 0.1) is 0 Å². The number of carboxylic acid groups (broad SMARTS) is 1. The molecule has 1 fully saturated rings. The van der Waals surface area contributed by atoms with Crippen LogP contribution in [-0.4, -0.2) is 51.0 Å². The van der Waals surface area contributed by atoms with E-state index in [0.29, 0.717) is 12.1 Å². The summed E-state index contributed by atoms with van der Waals surface area (Å²) in [4.78, 5) is 19.2. The van der Waals surface area contributed by atoms with Gasteiger partial charge in [0.25, 0.3) is 0 Å². The third kappa shape index (κ3) is 3.96. The van der Waals surface area contributed by atoms with Crippen LogP contribution in [0.3, 0.4) is 0 Å². The van der Waals surface area contributed by atoms with Crippen LogP contribution in [0.25, 0.3) is 10.9 Å². The number of nitrogens with zero attached hydrogens (tertiary/aromatic N) is 2. The smallest absolute Gasteiger partial charge is 0.352 e. The van der Waals surface area contributed by atoms with Gasteiger partial charge in [-0.25, -0.2) is 4.79 Å². The van der Waals surface area contributed by atoms with Gasteiger partial charge in [0.2, 0.25) is 0 Å². The Bertz CT molecular complexity index is 954. The Kier molecular flexibility index (Phi) is 5.20. The molecule has 0 radical (unpaired) electrons. The van der Waals surface area contributed by atoms with Crippen molar-refractivity contribution in [2.45, 2.75) is 39.0 Å². The Hall–Kier alpha value is -2.63. The van der Waals surface area contributed by atoms with E-state index in [1.807, 2.05) is 6.07 Å². The normalized spacial score (nSPS) is 21.2. The molecule has 28 heavy (non-hydrogen) atoms. The topological polar surface area (TPSA) is 59.6 Å². The highest BCUT2D eigenvalue weighted by Gasteiger charge is 2.29. The summed E-state index contributed by atoms with van der Waals surface area (Å²) < 4.78 is 0. The van der Waals surface area contributed by atoms with Gasteiger partial charge in [0, 0.05) is 49.2 Å². The highest BCUT2D eigenvalue weighted by atomic mass is 16.4. The Morgan fingerprint density at radius 3 is 2.39 bits per heavy atom. The predicted molar refractivity (Wildman–Crippen MR) is 111 cm³/mol. The molecule has 1 aliphatic heterocycles. The second kappa shape index (κ2) is 7.78. The fourth-order valence-corrected chi connectivity index (χ4v) is 4.35. The van der Waals surface area contributed by atoms with E-state index in [9.17, 15) is 4.79 Å². The van der Waals surface area contributed by atoms with Crippen LogP contribution in [-0.2, 0) is 13.1 Å². The molecule has 0 unspecified atom stereocenters. The van der Waals surface area contributed by atoms with E-state index >= 15 is 0 Å². The fraction of sp³-hybridized carbons (Fsp3) is 0.348. The molecule has 0 spiro atoms. The molecule has 2 heterocycles. The third-order valence-corrected chi connectivity index (χ3v) is 5.71. The number of aromatic carboxylic acids is 1. The van der Waals surface area contributed by atoms with Crippen molar-refractivity contribution in [3.8, 4) is 0 Å². The quantitative estimate of drug-likeness (QED) is 0.707. The molecule has 4 rings (SSSR count). The molecule has 1 saturated heterocycles. The number of nitrogens with one attached hydrogen (secondary N) is 1. The number of carbonyl (C=O) groups is 1. The first-order valence-corrected chi connectivity index (χ1v) is 9.86. The molecule has 2 atom stereocenters. The van der Waals surface area contributed by atoms with Crippen molar-refractivity contribution in [3.63, 3.8) is 0 Å². The van der Waals surface area contributed by atoms with Crippen LogP contribution < -0.4 is 0 Å². The van der Waals surface area contributed by atoms with Crippen molar-refractivity contribution < 1.29 is 9.90 Å². The van der Waals surface area contributed by atoms with Crippen molar-refractivity contribution in [3.05, 3.63) is 71.4 Å². The molecule has 0 aliphatic carbocycles. The van der Waals surface area contributed by atoms with Crippen molar-refractivity contribution in [1.29, 1.82) is 0 Å². The second-order valence-corrected chi connectivity index (χ2v) is 7.96. The van der Waals surface area contributed by atoms with Crippen LogP contribution in [0.4, 0.5) is 0 Å². The maximum absolute atomic E-state index is 11.2. The maximum atomic E-state index is 11.2. The summed E-state index contributed by atoms with van der Waals surface area (Å²) in [5.74, 6) is -0.921. The first-order chi connectivity index (χ1) is 13.5. The summed E-state index contributed by atoms with van der Waals surface area (Å²) in [6, 6.07) is 19.5. The summed E-state index contributed by atoms with van der Waals surface area (Å²) >= 11 is 0. The number of fused-ring (bicyclic) bond motifs is 1. The monoisotopic (exact) mass is 377 g/mol. The number of aromatic nitrogens is 1. The van der Waals surface area contributed by atoms with Crippen molar-refractivity contribution in [2.75, 3.05) is 13.1 Å². The predicted octanol–water partition coefficient (Wildman–Crippen LogP) is 3.96. The fourth-order valence-electron chi connectivity index (χ4n) is 4.35. The molecular formula is C23H27N3O2. The Morgan fingerprint density at radius 2 is 1.71 bits per heavy atom. The average Bonchev–Trinajstić information content (AvgIpc) is 3.09. The second-order valence-electron chi connectivity index (χ2n) is 7.96. The van der Waals surface area contributed by atoms with Crippen LogP contribution in [0.5, 0.6) is 0 Å². The molecule has 1 aliphatic rings. The first kappa shape index (κ1) is 18.7. The number of carboxylic acids is 1. The standard InChI is InChI=1S/C23H27N3O2/c1-16-12-25(13-17(2)26(16)15-18-6-4-3-5-7-18)14-19-8-9-20-11-22(23(27)28)24-21(20)10-19/h3-11,16-17,24H,12-15H2,1-2H3,(H,27,28)/t16-,17+. The molecule has 1 aromatic heterocycles. The van der Waals surface area contributed by atoms with Crippen LogP contribution in [0.15, 0.2) is 54.6 Å². The maximum Gasteiger partial charge on any atom is 0.352 e. The van der Waals surface area contributed by atoms with Gasteiger partial charge in [-0.2, -0.15) is 0 Å². The number of hydrogen-bond donors (Lipinski definition) is 2. The number of aromatic amines is 1. The number of benzene rings is 2. The van der Waals surface area contributed by atoms with Crippen molar-refractivity contribution in [2.24, 2.45) is 0 Å². The molecule has 0 bridgehead atoms. The molecule has 3 aromatic rings. The average molecular weight is 377 g/mol. The first-order valence-electron chi connectivity index (χ1n) is 9.86. The van der Waals surface area contributed by atoms with E-state index in [-0.39, 0.29) is 5.69 Å². The Balaban J connectivity index is 1.43. The third-order valence-electron chi connectivity index (χ3n) is 5.71. The van der Waals surface area contributed by atoms with E-state index in [1.54, 1.807) is 6.07 Å². The summed E-state index contributed by atoms with van der Waals surface area (Å²) in [7, 11) is 0. The molecule has 5 nitrogen and oxygen atoms in total. The Morgan fingerprint density at radius 1 is 1.00 bits per heavy atom. The van der Waals surface area contributed by atoms with Crippen LogP contribution in [0.1, 0.15) is 35.5 Å². The molecule has 146 valence electrons. The summed E-state index contributed by atoms with van der Waals surface area (Å²) in [6.07, 6.45) is 0. The van der Waals surface area contributed by atoms with Gasteiger partial charge in [0.15, 0.2) is 0 Å². The summed E-state index contributed by atoms with van der Waals surface area (Å²) in [6.45, 7) is 8.53. The summed E-state index contributed by atoms with van der Waals surface area (Å²) in [5.41, 5.74) is 3.70. The van der Waals surface area contributed by atoms with Crippen molar-refractivity contribution >= 4 is 16.9 Å². The van der Waals surface area contributed by atoms with Gasteiger partial charge in [-0.1, -0.05) is 42.5 Å². The van der Waals surface area contributed by atoms with Crippen LogP contribution in [0.2, 0.25) is 0 Å². The van der Waals surface area contributed by atoms with Gasteiger partial charge in [0.05, 0.1) is 0 Å². The van der Waals surface area contributed by atoms with Gasteiger partial charge in [-0.15, -0.1) is 0 Å². The lowest BCUT2D eigenvalue weighted by Gasteiger charge is -2.44. The van der Waals surface area contributed by atoms with Crippen molar-refractivity contribution in [1.82, 2.24) is 14.8 Å². The zero-order valence-corrected chi connectivity index (χ0v) is 16.4. The van der Waals surface area contributed by atoms with Gasteiger partial charge >= 0.3 is 5.97 Å². The largest absolute Gasteiger partial charge is 0.477 e. The number of piperazine rings is 1. The lowest BCUT2D eigenvalue weighted by Crippen LogP contribution is -2.55. The Labute approximate surface area is 165 Å². The number of H-pyrrole nitrogens is 1. The van der Waals surface area contributed by atoms with E-state index in [2.05, 4.69) is 71.1 Å². The lowest BCUT2D eigenvalue weighted by molar-refractivity contribution is 0.0290. The van der Waals surface area contributed by atoms with Gasteiger partial charge < -0.3 is 10.1 Å². The number of rotatable bonds is 5. The lowest BCUT2D eigenvalue weighted by atomic mass is 10.0. The molecule has 2 aromatic carbocycles. The summed E-state index contributed by atoms with van der Waals surface area (Å²) in [5, 5.41) is 10.1. The van der Waals surface area contributed by atoms with Crippen LogP contribution >= 0.6 is 0 Å². The van der Waals surface area contributed by atoms with E-state index in [0.717, 1.165) is 37.1 Å². The minimum Gasteiger partial charge on any atom is -0.477 e. The minimum absolute atomic E-state index is 0.240.